The Hall–Kier alpha value is -1.48. The normalized spacial score (nSPS) is 15.7. The molecule has 3 nitrogen and oxygen atoms in total. The van der Waals surface area contributed by atoms with Crippen molar-refractivity contribution in [3.8, 4) is 5.75 Å². The van der Waals surface area contributed by atoms with Crippen molar-refractivity contribution in [3.63, 3.8) is 0 Å². The molecule has 1 heterocycles. The minimum absolute atomic E-state index is 0.487. The van der Waals surface area contributed by atoms with Crippen LogP contribution in [0.5, 0.6) is 5.75 Å². The van der Waals surface area contributed by atoms with E-state index in [9.17, 15) is 0 Å². The van der Waals surface area contributed by atoms with Crippen molar-refractivity contribution >= 4 is 11.6 Å². The minimum Gasteiger partial charge on any atom is -0.487 e. The molecule has 3 rings (SSSR count). The maximum Gasteiger partial charge on any atom is 0.132 e. The van der Waals surface area contributed by atoms with Gasteiger partial charge in [-0.1, -0.05) is 30.5 Å². The minimum atomic E-state index is 0.487. The first-order valence-corrected chi connectivity index (χ1v) is 7.53. The second-order valence-electron chi connectivity index (χ2n) is 5.42. The summed E-state index contributed by atoms with van der Waals surface area (Å²) in [5.74, 6) is 0.827. The fourth-order valence-corrected chi connectivity index (χ4v) is 2.87. The molecule has 0 aliphatic heterocycles. The van der Waals surface area contributed by atoms with E-state index < -0.39 is 0 Å². The van der Waals surface area contributed by atoms with Crippen molar-refractivity contribution in [3.05, 3.63) is 46.7 Å². The van der Waals surface area contributed by atoms with Crippen LogP contribution in [0.3, 0.4) is 0 Å². The lowest BCUT2D eigenvalue weighted by atomic mass is 10.2. The van der Waals surface area contributed by atoms with E-state index in [0.717, 1.165) is 17.0 Å². The first-order chi connectivity index (χ1) is 9.72. The molecule has 0 spiro atoms. The number of hydrogen-bond acceptors (Lipinski definition) is 2. The third kappa shape index (κ3) is 2.98. The van der Waals surface area contributed by atoms with Gasteiger partial charge >= 0.3 is 0 Å². The fraction of sp³-hybridized carbons (Fsp3) is 0.438. The van der Waals surface area contributed by atoms with Crippen LogP contribution in [0, 0.1) is 6.92 Å². The van der Waals surface area contributed by atoms with Gasteiger partial charge < -0.3 is 4.74 Å². The van der Waals surface area contributed by atoms with E-state index in [1.807, 2.05) is 31.2 Å². The van der Waals surface area contributed by atoms with E-state index >= 15 is 0 Å². The van der Waals surface area contributed by atoms with Crippen LogP contribution in [0.1, 0.15) is 43.0 Å². The highest BCUT2D eigenvalue weighted by Gasteiger charge is 2.17. The Kier molecular flexibility index (Phi) is 3.97. The first kappa shape index (κ1) is 13.5. The third-order valence-electron chi connectivity index (χ3n) is 3.89. The van der Waals surface area contributed by atoms with Gasteiger partial charge in [-0.3, -0.25) is 4.68 Å². The highest BCUT2D eigenvalue weighted by atomic mass is 35.5. The molecule has 4 heteroatoms. The Balaban J connectivity index is 1.64. The monoisotopic (exact) mass is 290 g/mol. The molecule has 0 unspecified atom stereocenters. The lowest BCUT2D eigenvalue weighted by Crippen LogP contribution is -2.06. The quantitative estimate of drug-likeness (QED) is 0.826. The maximum absolute atomic E-state index is 5.99. The zero-order valence-electron chi connectivity index (χ0n) is 11.7. The van der Waals surface area contributed by atoms with Gasteiger partial charge in [-0.25, -0.2) is 0 Å². The van der Waals surface area contributed by atoms with Crippen LogP contribution in [0.4, 0.5) is 0 Å². The molecular formula is C16H19ClN2O. The van der Waals surface area contributed by atoms with Gasteiger partial charge in [0.05, 0.1) is 11.7 Å². The van der Waals surface area contributed by atoms with Gasteiger partial charge in [0.1, 0.15) is 12.4 Å². The summed E-state index contributed by atoms with van der Waals surface area (Å²) in [5.41, 5.74) is 2.06. The predicted molar refractivity (Wildman–Crippen MR) is 80.3 cm³/mol. The van der Waals surface area contributed by atoms with Gasteiger partial charge in [-0.2, -0.15) is 5.10 Å². The van der Waals surface area contributed by atoms with E-state index in [2.05, 4.69) is 16.0 Å². The van der Waals surface area contributed by atoms with E-state index in [4.69, 9.17) is 16.3 Å². The summed E-state index contributed by atoms with van der Waals surface area (Å²) in [7, 11) is 0. The molecule has 1 aromatic heterocycles. The summed E-state index contributed by atoms with van der Waals surface area (Å²) < 4.78 is 7.91. The van der Waals surface area contributed by atoms with Gasteiger partial charge in [-0.05, 0) is 43.5 Å². The van der Waals surface area contributed by atoms with Crippen LogP contribution in [-0.2, 0) is 6.61 Å². The molecule has 0 atom stereocenters. The molecule has 106 valence electrons. The van der Waals surface area contributed by atoms with Gasteiger partial charge in [0, 0.05) is 11.2 Å². The summed E-state index contributed by atoms with van der Waals surface area (Å²) in [6, 6.07) is 8.31. The lowest BCUT2D eigenvalue weighted by Gasteiger charge is -2.10. The van der Waals surface area contributed by atoms with Crippen LogP contribution in [0.25, 0.3) is 0 Å². The van der Waals surface area contributed by atoms with E-state index in [-0.39, 0.29) is 0 Å². The van der Waals surface area contributed by atoms with E-state index in [1.165, 1.54) is 25.7 Å². The van der Waals surface area contributed by atoms with Crippen LogP contribution in [-0.4, -0.2) is 9.78 Å². The number of hydrogen-bond donors (Lipinski definition) is 0. The van der Waals surface area contributed by atoms with E-state index in [0.29, 0.717) is 17.7 Å². The number of aromatic nitrogens is 2. The molecular weight excluding hydrogens is 272 g/mol. The summed E-state index contributed by atoms with van der Waals surface area (Å²) in [6.07, 6.45) is 7.19. The molecule has 0 radical (unpaired) electrons. The highest BCUT2D eigenvalue weighted by molar-refractivity contribution is 6.30. The Labute approximate surface area is 124 Å². The van der Waals surface area contributed by atoms with E-state index in [1.54, 1.807) is 0 Å². The molecule has 1 aromatic carbocycles. The maximum atomic E-state index is 5.99. The number of nitrogens with zero attached hydrogens (tertiary/aromatic N) is 2. The van der Waals surface area contributed by atoms with Crippen molar-refractivity contribution in [2.45, 2.75) is 45.3 Å². The van der Waals surface area contributed by atoms with Gasteiger partial charge in [0.15, 0.2) is 0 Å². The van der Waals surface area contributed by atoms with Crippen LogP contribution < -0.4 is 4.74 Å². The Bertz CT molecular complexity index is 588. The van der Waals surface area contributed by atoms with Crippen molar-refractivity contribution in [2.75, 3.05) is 0 Å². The summed E-state index contributed by atoms with van der Waals surface area (Å²) >= 11 is 5.99. The van der Waals surface area contributed by atoms with Crippen molar-refractivity contribution in [2.24, 2.45) is 0 Å². The highest BCUT2D eigenvalue weighted by Crippen LogP contribution is 2.29. The second kappa shape index (κ2) is 5.88. The van der Waals surface area contributed by atoms with Crippen LogP contribution in [0.15, 0.2) is 30.5 Å². The SMILES string of the molecule is Cc1ccc(Cl)cc1OCc1ccn(C2CCCC2)n1. The molecule has 20 heavy (non-hydrogen) atoms. The molecule has 0 saturated heterocycles. The van der Waals surface area contributed by atoms with Crippen molar-refractivity contribution in [1.82, 2.24) is 9.78 Å². The smallest absolute Gasteiger partial charge is 0.132 e. The van der Waals surface area contributed by atoms with Crippen LogP contribution in [0.2, 0.25) is 5.02 Å². The Morgan fingerprint density at radius 2 is 2.10 bits per heavy atom. The van der Waals surface area contributed by atoms with Gasteiger partial charge in [-0.15, -0.1) is 0 Å². The third-order valence-corrected chi connectivity index (χ3v) is 4.12. The average Bonchev–Trinajstić information content (AvgIpc) is 3.09. The number of halogens is 1. The van der Waals surface area contributed by atoms with Crippen molar-refractivity contribution < 1.29 is 4.74 Å². The van der Waals surface area contributed by atoms with Crippen molar-refractivity contribution in [1.29, 1.82) is 0 Å². The number of benzene rings is 1. The Morgan fingerprint density at radius 3 is 2.90 bits per heavy atom. The predicted octanol–water partition coefficient (Wildman–Crippen LogP) is 4.54. The first-order valence-electron chi connectivity index (χ1n) is 7.15. The molecule has 0 bridgehead atoms. The summed E-state index contributed by atoms with van der Waals surface area (Å²) in [6.45, 7) is 2.50. The second-order valence-corrected chi connectivity index (χ2v) is 5.86. The summed E-state index contributed by atoms with van der Waals surface area (Å²) in [4.78, 5) is 0. The largest absolute Gasteiger partial charge is 0.487 e. The average molecular weight is 291 g/mol. The molecule has 1 saturated carbocycles. The molecule has 2 aromatic rings. The molecule has 1 aliphatic carbocycles. The van der Waals surface area contributed by atoms with Crippen LogP contribution >= 0.6 is 11.6 Å². The molecule has 1 aliphatic rings. The molecule has 1 fully saturated rings. The topological polar surface area (TPSA) is 27.1 Å². The molecule has 0 N–H and O–H groups in total. The number of aryl methyl sites for hydroxylation is 1. The van der Waals surface area contributed by atoms with Gasteiger partial charge in [0.25, 0.3) is 0 Å². The number of ether oxygens (including phenoxy) is 1. The lowest BCUT2D eigenvalue weighted by molar-refractivity contribution is 0.296. The zero-order valence-corrected chi connectivity index (χ0v) is 12.4. The zero-order chi connectivity index (χ0) is 13.9. The standard InChI is InChI=1S/C16H19ClN2O/c1-12-6-7-13(17)10-16(12)20-11-14-8-9-19(18-14)15-4-2-3-5-15/h6-10,15H,2-5,11H2,1H3. The Morgan fingerprint density at radius 1 is 1.30 bits per heavy atom. The van der Waals surface area contributed by atoms with Gasteiger partial charge in [0.2, 0.25) is 0 Å². The summed E-state index contributed by atoms with van der Waals surface area (Å²) in [5, 5.41) is 5.31. The molecule has 0 amide bonds. The fourth-order valence-electron chi connectivity index (χ4n) is 2.71. The number of rotatable bonds is 4.